The lowest BCUT2D eigenvalue weighted by atomic mass is 10.3. The second-order valence-electron chi connectivity index (χ2n) is 3.18. The van der Waals surface area contributed by atoms with Crippen molar-refractivity contribution in [1.29, 1.82) is 0 Å². The van der Waals surface area contributed by atoms with E-state index in [1.165, 1.54) is 6.20 Å². The standard InChI is InChI=1S/C9H6FN5/c1-5-13-14-9-12-8(10)6-2-3-11-4-7(6)15(5)9/h2-4H,1H3. The topological polar surface area (TPSA) is 56.0 Å². The lowest BCUT2D eigenvalue weighted by Gasteiger charge is -2.01. The van der Waals surface area contributed by atoms with E-state index in [-0.39, 0.29) is 5.78 Å². The van der Waals surface area contributed by atoms with Crippen molar-refractivity contribution in [1.82, 2.24) is 24.6 Å². The van der Waals surface area contributed by atoms with Gasteiger partial charge in [0.05, 0.1) is 17.1 Å². The van der Waals surface area contributed by atoms with E-state index in [1.54, 1.807) is 23.6 Å². The molecule has 3 aromatic heterocycles. The highest BCUT2D eigenvalue weighted by molar-refractivity contribution is 5.79. The van der Waals surface area contributed by atoms with Gasteiger partial charge < -0.3 is 0 Å². The van der Waals surface area contributed by atoms with Gasteiger partial charge in [-0.05, 0) is 13.0 Å². The summed E-state index contributed by atoms with van der Waals surface area (Å²) >= 11 is 0. The number of pyridine rings is 1. The first-order valence-corrected chi connectivity index (χ1v) is 4.38. The summed E-state index contributed by atoms with van der Waals surface area (Å²) in [6.07, 6.45) is 3.10. The van der Waals surface area contributed by atoms with Crippen molar-refractivity contribution in [3.05, 3.63) is 30.2 Å². The average molecular weight is 203 g/mol. The molecule has 0 fully saturated rings. The monoisotopic (exact) mass is 203 g/mol. The molecule has 0 atom stereocenters. The Labute approximate surface area is 83.6 Å². The van der Waals surface area contributed by atoms with E-state index in [1.807, 2.05) is 0 Å². The van der Waals surface area contributed by atoms with Gasteiger partial charge in [-0.1, -0.05) is 0 Å². The van der Waals surface area contributed by atoms with Gasteiger partial charge in [-0.15, -0.1) is 10.2 Å². The third-order valence-corrected chi connectivity index (χ3v) is 2.27. The fraction of sp³-hybridized carbons (Fsp3) is 0.111. The zero-order valence-electron chi connectivity index (χ0n) is 7.85. The van der Waals surface area contributed by atoms with Gasteiger partial charge in [0.15, 0.2) is 0 Å². The first-order valence-electron chi connectivity index (χ1n) is 4.38. The molecular weight excluding hydrogens is 197 g/mol. The Morgan fingerprint density at radius 3 is 3.07 bits per heavy atom. The van der Waals surface area contributed by atoms with Crippen LogP contribution < -0.4 is 0 Å². The van der Waals surface area contributed by atoms with Gasteiger partial charge >= 0.3 is 0 Å². The number of halogens is 1. The SMILES string of the molecule is Cc1nnc2nc(F)c3ccncc3n12. The Bertz CT molecular complexity index is 660. The largest absolute Gasteiger partial charge is 0.262 e. The zero-order valence-corrected chi connectivity index (χ0v) is 7.85. The first-order chi connectivity index (χ1) is 7.27. The van der Waals surface area contributed by atoms with Crippen LogP contribution in [0.25, 0.3) is 16.7 Å². The molecule has 3 heterocycles. The van der Waals surface area contributed by atoms with E-state index >= 15 is 0 Å². The summed E-state index contributed by atoms with van der Waals surface area (Å²) in [5.74, 6) is 0.369. The fourth-order valence-electron chi connectivity index (χ4n) is 1.59. The molecule has 0 N–H and O–H groups in total. The summed E-state index contributed by atoms with van der Waals surface area (Å²) in [5, 5.41) is 8.02. The van der Waals surface area contributed by atoms with Crippen molar-refractivity contribution in [2.75, 3.05) is 0 Å². The van der Waals surface area contributed by atoms with Crippen LogP contribution in [0.2, 0.25) is 0 Å². The minimum atomic E-state index is -0.549. The molecule has 74 valence electrons. The van der Waals surface area contributed by atoms with Gasteiger partial charge in [0.25, 0.3) is 5.78 Å². The van der Waals surface area contributed by atoms with Gasteiger partial charge in [-0.2, -0.15) is 9.37 Å². The number of hydrogen-bond acceptors (Lipinski definition) is 4. The summed E-state index contributed by atoms with van der Waals surface area (Å²) in [5.41, 5.74) is 0.627. The Hall–Kier alpha value is -2.11. The molecule has 0 radical (unpaired) electrons. The highest BCUT2D eigenvalue weighted by Crippen LogP contribution is 2.16. The molecule has 0 aliphatic rings. The normalized spacial score (nSPS) is 11.3. The Morgan fingerprint density at radius 1 is 1.33 bits per heavy atom. The highest BCUT2D eigenvalue weighted by Gasteiger charge is 2.10. The Balaban J connectivity index is 2.67. The molecule has 0 aliphatic heterocycles. The molecule has 6 heteroatoms. The summed E-state index contributed by atoms with van der Waals surface area (Å²) in [7, 11) is 0. The van der Waals surface area contributed by atoms with Crippen LogP contribution in [0.3, 0.4) is 0 Å². The minimum Gasteiger partial charge on any atom is -0.262 e. The van der Waals surface area contributed by atoms with Crippen LogP contribution >= 0.6 is 0 Å². The second-order valence-corrected chi connectivity index (χ2v) is 3.18. The molecule has 0 bridgehead atoms. The van der Waals surface area contributed by atoms with E-state index < -0.39 is 5.95 Å². The lowest BCUT2D eigenvalue weighted by Crippen LogP contribution is -1.97. The molecule has 15 heavy (non-hydrogen) atoms. The van der Waals surface area contributed by atoms with Crippen LogP contribution in [-0.2, 0) is 0 Å². The van der Waals surface area contributed by atoms with E-state index in [0.717, 1.165) is 0 Å². The van der Waals surface area contributed by atoms with Crippen LogP contribution in [0, 0.1) is 12.9 Å². The van der Waals surface area contributed by atoms with Gasteiger partial charge in [-0.3, -0.25) is 9.38 Å². The smallest absolute Gasteiger partial charge is 0.258 e. The van der Waals surface area contributed by atoms with Crippen LogP contribution in [-0.4, -0.2) is 24.6 Å². The molecule has 0 saturated heterocycles. The number of nitrogens with zero attached hydrogens (tertiary/aromatic N) is 5. The van der Waals surface area contributed by atoms with Gasteiger partial charge in [0.1, 0.15) is 5.82 Å². The highest BCUT2D eigenvalue weighted by atomic mass is 19.1. The quantitative estimate of drug-likeness (QED) is 0.514. The molecule has 0 aliphatic carbocycles. The summed E-state index contributed by atoms with van der Waals surface area (Å²) in [6, 6.07) is 1.58. The molecule has 0 saturated carbocycles. The maximum Gasteiger partial charge on any atom is 0.258 e. The van der Waals surface area contributed by atoms with E-state index in [4.69, 9.17) is 0 Å². The molecule has 5 nitrogen and oxygen atoms in total. The van der Waals surface area contributed by atoms with Gasteiger partial charge in [0.2, 0.25) is 5.95 Å². The predicted molar refractivity (Wildman–Crippen MR) is 50.8 cm³/mol. The number of aryl methyl sites for hydroxylation is 1. The van der Waals surface area contributed by atoms with E-state index in [9.17, 15) is 4.39 Å². The van der Waals surface area contributed by atoms with Gasteiger partial charge in [0, 0.05) is 6.20 Å². The van der Waals surface area contributed by atoms with Crippen molar-refractivity contribution in [3.63, 3.8) is 0 Å². The summed E-state index contributed by atoms with van der Waals surface area (Å²) in [6.45, 7) is 1.78. The van der Waals surface area contributed by atoms with Crippen molar-refractivity contribution in [2.24, 2.45) is 0 Å². The third kappa shape index (κ3) is 1.01. The second kappa shape index (κ2) is 2.69. The zero-order chi connectivity index (χ0) is 10.4. The number of aromatic nitrogens is 5. The first kappa shape index (κ1) is 8.22. The number of fused-ring (bicyclic) bond motifs is 3. The van der Waals surface area contributed by atoms with Crippen LogP contribution in [0.5, 0.6) is 0 Å². The Morgan fingerprint density at radius 2 is 2.20 bits per heavy atom. The fourth-order valence-corrected chi connectivity index (χ4v) is 1.59. The maximum atomic E-state index is 13.5. The van der Waals surface area contributed by atoms with Crippen molar-refractivity contribution < 1.29 is 4.39 Å². The van der Waals surface area contributed by atoms with Crippen molar-refractivity contribution in [2.45, 2.75) is 6.92 Å². The third-order valence-electron chi connectivity index (χ3n) is 2.27. The molecular formula is C9H6FN5. The molecule has 3 rings (SSSR count). The molecule has 0 unspecified atom stereocenters. The predicted octanol–water partition coefficient (Wildman–Crippen LogP) is 1.12. The molecule has 3 aromatic rings. The van der Waals surface area contributed by atoms with Crippen molar-refractivity contribution >= 4 is 16.7 Å². The number of hydrogen-bond donors (Lipinski definition) is 0. The maximum absolute atomic E-state index is 13.5. The van der Waals surface area contributed by atoms with Crippen LogP contribution in [0.4, 0.5) is 4.39 Å². The van der Waals surface area contributed by atoms with Gasteiger partial charge in [-0.25, -0.2) is 0 Å². The Kier molecular flexibility index (Phi) is 1.47. The average Bonchev–Trinajstić information content (AvgIpc) is 2.61. The van der Waals surface area contributed by atoms with E-state index in [2.05, 4.69) is 20.2 Å². The summed E-state index contributed by atoms with van der Waals surface area (Å²) < 4.78 is 15.2. The minimum absolute atomic E-state index is 0.255. The van der Waals surface area contributed by atoms with E-state index in [0.29, 0.717) is 16.7 Å². The summed E-state index contributed by atoms with van der Waals surface area (Å²) in [4.78, 5) is 7.67. The molecule has 0 aromatic carbocycles. The lowest BCUT2D eigenvalue weighted by molar-refractivity contribution is 0.596. The number of rotatable bonds is 0. The van der Waals surface area contributed by atoms with Crippen LogP contribution in [0.15, 0.2) is 18.5 Å². The molecule has 0 spiro atoms. The van der Waals surface area contributed by atoms with Crippen LogP contribution in [0.1, 0.15) is 5.82 Å². The molecule has 0 amide bonds. The van der Waals surface area contributed by atoms with Crippen molar-refractivity contribution in [3.8, 4) is 0 Å².